The third kappa shape index (κ3) is 2.97. The maximum absolute atomic E-state index is 3.85. The van der Waals surface area contributed by atoms with Crippen LogP contribution in [0.3, 0.4) is 0 Å². The van der Waals surface area contributed by atoms with Gasteiger partial charge in [0.05, 0.1) is 0 Å². The Labute approximate surface area is 102 Å². The van der Waals surface area contributed by atoms with Crippen molar-refractivity contribution in [3.63, 3.8) is 0 Å². The largest absolute Gasteiger partial charge is 0.373 e. The highest BCUT2D eigenvalue weighted by atomic mass is 32.1. The average Bonchev–Trinajstić information content (AvgIpc) is 2.75. The predicted molar refractivity (Wildman–Crippen MR) is 74.6 cm³/mol. The summed E-state index contributed by atoms with van der Waals surface area (Å²) < 4.78 is 0. The van der Waals surface area contributed by atoms with Crippen molar-refractivity contribution >= 4 is 23.1 Å². The van der Waals surface area contributed by atoms with E-state index in [0.717, 1.165) is 13.1 Å². The minimum Gasteiger partial charge on any atom is -0.373 e. The number of allylic oxidation sites excluding steroid dienone is 1. The van der Waals surface area contributed by atoms with Crippen LogP contribution in [0.4, 0.5) is 0 Å². The molecule has 0 radical (unpaired) electrons. The lowest BCUT2D eigenvalue weighted by Gasteiger charge is -2.22. The van der Waals surface area contributed by atoms with Gasteiger partial charge in [0.2, 0.25) is 0 Å². The van der Waals surface area contributed by atoms with Gasteiger partial charge in [-0.05, 0) is 25.4 Å². The third-order valence-electron chi connectivity index (χ3n) is 2.54. The Kier molecular flexibility index (Phi) is 5.29. The number of nitrogens with zero attached hydrogens (tertiary/aromatic N) is 1. The molecule has 0 saturated heterocycles. The highest BCUT2D eigenvalue weighted by molar-refractivity contribution is 7.11. The molecule has 0 atom stereocenters. The Balaban J connectivity index is 2.86. The van der Waals surface area contributed by atoms with Crippen molar-refractivity contribution < 1.29 is 0 Å². The summed E-state index contributed by atoms with van der Waals surface area (Å²) >= 11 is 1.73. The summed E-state index contributed by atoms with van der Waals surface area (Å²) in [5.41, 5.74) is 2.55. The van der Waals surface area contributed by atoms with Crippen LogP contribution in [-0.4, -0.2) is 32.1 Å². The summed E-state index contributed by atoms with van der Waals surface area (Å²) in [4.78, 5) is 3.51. The average molecular weight is 236 g/mol. The second-order valence-corrected chi connectivity index (χ2v) is 4.55. The molecule has 3 heteroatoms. The molecular formula is C13H20N2S. The van der Waals surface area contributed by atoms with Crippen molar-refractivity contribution in [3.8, 4) is 0 Å². The first kappa shape index (κ1) is 13.0. The van der Waals surface area contributed by atoms with Crippen LogP contribution in [-0.2, 0) is 0 Å². The molecule has 0 saturated carbocycles. The SMILES string of the molecule is C=Cc1sccc1/C(=C\C)N(C)CCNC. The van der Waals surface area contributed by atoms with E-state index >= 15 is 0 Å². The Hall–Kier alpha value is -1.06. The van der Waals surface area contributed by atoms with E-state index in [0.29, 0.717) is 0 Å². The zero-order valence-electron chi connectivity index (χ0n) is 10.3. The van der Waals surface area contributed by atoms with Gasteiger partial charge in [0, 0.05) is 36.3 Å². The van der Waals surface area contributed by atoms with E-state index in [1.165, 1.54) is 16.1 Å². The van der Waals surface area contributed by atoms with Crippen LogP contribution in [0.15, 0.2) is 24.1 Å². The van der Waals surface area contributed by atoms with Crippen LogP contribution < -0.4 is 5.32 Å². The summed E-state index contributed by atoms with van der Waals surface area (Å²) in [6.07, 6.45) is 4.08. The van der Waals surface area contributed by atoms with Crippen molar-refractivity contribution in [2.75, 3.05) is 27.2 Å². The van der Waals surface area contributed by atoms with E-state index in [1.54, 1.807) is 11.3 Å². The third-order valence-corrected chi connectivity index (χ3v) is 3.45. The first-order chi connectivity index (χ1) is 7.74. The molecule has 1 rings (SSSR count). The summed E-state index contributed by atoms with van der Waals surface area (Å²) in [6.45, 7) is 7.92. The zero-order valence-corrected chi connectivity index (χ0v) is 11.1. The molecule has 0 unspecified atom stereocenters. The molecule has 88 valence electrons. The molecule has 0 aliphatic heterocycles. The van der Waals surface area contributed by atoms with Gasteiger partial charge >= 0.3 is 0 Å². The fourth-order valence-electron chi connectivity index (χ4n) is 1.67. The maximum Gasteiger partial charge on any atom is 0.0408 e. The molecule has 0 aliphatic rings. The predicted octanol–water partition coefficient (Wildman–Crippen LogP) is 2.90. The van der Waals surface area contributed by atoms with Gasteiger partial charge in [-0.15, -0.1) is 11.3 Å². The van der Waals surface area contributed by atoms with Gasteiger partial charge < -0.3 is 10.2 Å². The van der Waals surface area contributed by atoms with Gasteiger partial charge in [-0.3, -0.25) is 0 Å². The van der Waals surface area contributed by atoms with Crippen LogP contribution in [0, 0.1) is 0 Å². The number of hydrogen-bond donors (Lipinski definition) is 1. The second kappa shape index (κ2) is 6.51. The Morgan fingerprint density at radius 1 is 1.62 bits per heavy atom. The molecule has 0 bridgehead atoms. The Morgan fingerprint density at radius 3 is 2.94 bits per heavy atom. The highest BCUT2D eigenvalue weighted by Gasteiger charge is 2.10. The molecule has 1 aromatic heterocycles. The standard InChI is InChI=1S/C13H20N2S/c1-5-12(15(4)9-8-14-3)11-7-10-16-13(11)6-2/h5-7,10,14H,2,8-9H2,1,3-4H3/b12-5+. The first-order valence-electron chi connectivity index (χ1n) is 5.47. The molecular weight excluding hydrogens is 216 g/mol. The van der Waals surface area contributed by atoms with E-state index in [1.807, 2.05) is 13.1 Å². The van der Waals surface area contributed by atoms with Crippen molar-refractivity contribution in [3.05, 3.63) is 34.5 Å². The summed E-state index contributed by atoms with van der Waals surface area (Å²) in [7, 11) is 4.10. The first-order valence-corrected chi connectivity index (χ1v) is 6.35. The fraction of sp³-hybridized carbons (Fsp3) is 0.385. The molecule has 16 heavy (non-hydrogen) atoms. The van der Waals surface area contributed by atoms with Gasteiger partial charge in [0.15, 0.2) is 0 Å². The van der Waals surface area contributed by atoms with Crippen molar-refractivity contribution in [1.29, 1.82) is 0 Å². The van der Waals surface area contributed by atoms with E-state index in [9.17, 15) is 0 Å². The summed E-state index contributed by atoms with van der Waals surface area (Å²) in [6, 6.07) is 2.16. The lowest BCUT2D eigenvalue weighted by molar-refractivity contribution is 0.472. The second-order valence-electron chi connectivity index (χ2n) is 3.60. The van der Waals surface area contributed by atoms with Crippen LogP contribution >= 0.6 is 11.3 Å². The molecule has 0 amide bonds. The van der Waals surface area contributed by atoms with Gasteiger partial charge in [0.25, 0.3) is 0 Å². The fourth-order valence-corrected chi connectivity index (χ4v) is 2.42. The molecule has 1 N–H and O–H groups in total. The van der Waals surface area contributed by atoms with Crippen molar-refractivity contribution in [1.82, 2.24) is 10.2 Å². The Morgan fingerprint density at radius 2 is 2.38 bits per heavy atom. The van der Waals surface area contributed by atoms with Gasteiger partial charge in [0.1, 0.15) is 0 Å². The molecule has 1 aromatic rings. The maximum atomic E-state index is 3.85. The minimum absolute atomic E-state index is 0.987. The van der Waals surface area contributed by atoms with E-state index in [2.05, 4.69) is 48.3 Å². The highest BCUT2D eigenvalue weighted by Crippen LogP contribution is 2.27. The number of rotatable bonds is 6. The molecule has 0 aromatic carbocycles. The molecule has 0 spiro atoms. The zero-order chi connectivity index (χ0) is 12.0. The van der Waals surface area contributed by atoms with E-state index in [-0.39, 0.29) is 0 Å². The Bertz CT molecular complexity index is 366. The number of thiophene rings is 1. The lowest BCUT2D eigenvalue weighted by atomic mass is 10.1. The summed E-state index contributed by atoms with van der Waals surface area (Å²) in [5.74, 6) is 0. The quantitative estimate of drug-likeness (QED) is 0.817. The topological polar surface area (TPSA) is 15.3 Å². The van der Waals surface area contributed by atoms with Crippen LogP contribution in [0.25, 0.3) is 11.8 Å². The van der Waals surface area contributed by atoms with E-state index in [4.69, 9.17) is 0 Å². The molecule has 0 fully saturated rings. The minimum atomic E-state index is 0.987. The monoisotopic (exact) mass is 236 g/mol. The molecule has 2 nitrogen and oxygen atoms in total. The van der Waals surface area contributed by atoms with Gasteiger partial charge in [-0.2, -0.15) is 0 Å². The smallest absolute Gasteiger partial charge is 0.0408 e. The van der Waals surface area contributed by atoms with Crippen molar-refractivity contribution in [2.45, 2.75) is 6.92 Å². The molecule has 1 heterocycles. The van der Waals surface area contributed by atoms with Crippen LogP contribution in [0.1, 0.15) is 17.4 Å². The number of likely N-dealkylation sites (N-methyl/N-ethyl adjacent to an activating group) is 2. The van der Waals surface area contributed by atoms with E-state index < -0.39 is 0 Å². The molecule has 0 aliphatic carbocycles. The lowest BCUT2D eigenvalue weighted by Crippen LogP contribution is -2.26. The normalized spacial score (nSPS) is 11.6. The number of hydrogen-bond acceptors (Lipinski definition) is 3. The van der Waals surface area contributed by atoms with Crippen LogP contribution in [0.5, 0.6) is 0 Å². The van der Waals surface area contributed by atoms with Crippen LogP contribution in [0.2, 0.25) is 0 Å². The summed E-state index contributed by atoms with van der Waals surface area (Å²) in [5, 5.41) is 5.28. The number of nitrogens with one attached hydrogen (secondary N) is 1. The van der Waals surface area contributed by atoms with Gasteiger partial charge in [-0.1, -0.05) is 18.7 Å². The van der Waals surface area contributed by atoms with Gasteiger partial charge in [-0.25, -0.2) is 0 Å². The van der Waals surface area contributed by atoms with Crippen molar-refractivity contribution in [2.24, 2.45) is 0 Å².